The van der Waals surface area contributed by atoms with Crippen LogP contribution >= 0.6 is 0 Å². The molecule has 3 rings (SSSR count). The van der Waals surface area contributed by atoms with Crippen molar-refractivity contribution in [2.75, 3.05) is 6.54 Å². The molecule has 130 valence electrons. The van der Waals surface area contributed by atoms with Crippen molar-refractivity contribution in [1.29, 1.82) is 0 Å². The van der Waals surface area contributed by atoms with Crippen LogP contribution in [0.4, 0.5) is 13.2 Å². The quantitative estimate of drug-likeness (QED) is 0.867. The molecule has 1 atom stereocenters. The van der Waals surface area contributed by atoms with E-state index in [1.807, 2.05) is 0 Å². The largest absolute Gasteiger partial charge is 0.368 e. The van der Waals surface area contributed by atoms with Gasteiger partial charge in [-0.25, -0.2) is 13.2 Å². The van der Waals surface area contributed by atoms with Gasteiger partial charge in [0.05, 0.1) is 0 Å². The van der Waals surface area contributed by atoms with Gasteiger partial charge in [-0.1, -0.05) is 12.1 Å². The number of benzene rings is 2. The first-order valence-electron chi connectivity index (χ1n) is 7.73. The third kappa shape index (κ3) is 3.22. The van der Waals surface area contributed by atoms with Crippen molar-refractivity contribution in [2.24, 2.45) is 5.73 Å². The van der Waals surface area contributed by atoms with Crippen molar-refractivity contribution in [1.82, 2.24) is 4.90 Å². The number of likely N-dealkylation sites (tertiary alicyclic amines) is 1. The van der Waals surface area contributed by atoms with Crippen molar-refractivity contribution in [2.45, 2.75) is 18.9 Å². The first kappa shape index (κ1) is 17.0. The van der Waals surface area contributed by atoms with Crippen LogP contribution in [0.5, 0.6) is 0 Å². The first-order valence-corrected chi connectivity index (χ1v) is 7.73. The second-order valence-electron chi connectivity index (χ2n) is 5.89. The molecule has 0 saturated carbocycles. The number of amides is 2. The minimum atomic E-state index is -1.53. The summed E-state index contributed by atoms with van der Waals surface area (Å²) in [6.45, 7) is 0.447. The molecule has 4 nitrogen and oxygen atoms in total. The zero-order valence-electron chi connectivity index (χ0n) is 13.1. The fourth-order valence-electron chi connectivity index (χ4n) is 3.00. The average molecular weight is 348 g/mol. The molecule has 25 heavy (non-hydrogen) atoms. The number of carbonyl (C=O) groups is 2. The molecule has 2 amide bonds. The lowest BCUT2D eigenvalue weighted by molar-refractivity contribution is -0.121. The summed E-state index contributed by atoms with van der Waals surface area (Å²) in [5.41, 5.74) is 6.23. The summed E-state index contributed by atoms with van der Waals surface area (Å²) >= 11 is 0. The van der Waals surface area contributed by atoms with Crippen LogP contribution in [-0.2, 0) is 4.79 Å². The molecule has 1 heterocycles. The number of hydrogen-bond acceptors (Lipinski definition) is 2. The summed E-state index contributed by atoms with van der Waals surface area (Å²) in [5, 5.41) is 0. The van der Waals surface area contributed by atoms with Gasteiger partial charge in [-0.2, -0.15) is 0 Å². The van der Waals surface area contributed by atoms with Crippen LogP contribution in [0.3, 0.4) is 0 Å². The van der Waals surface area contributed by atoms with Crippen molar-refractivity contribution in [3.8, 4) is 11.1 Å². The molecule has 1 aliphatic heterocycles. The van der Waals surface area contributed by atoms with Gasteiger partial charge in [-0.05, 0) is 48.2 Å². The number of nitrogens with two attached hydrogens (primary N) is 1. The molecule has 2 aromatic rings. The zero-order chi connectivity index (χ0) is 18.1. The summed E-state index contributed by atoms with van der Waals surface area (Å²) < 4.78 is 39.7. The minimum Gasteiger partial charge on any atom is -0.368 e. The normalized spacial score (nSPS) is 16.9. The van der Waals surface area contributed by atoms with Crippen molar-refractivity contribution < 1.29 is 22.8 Å². The number of rotatable bonds is 3. The average Bonchev–Trinajstić information content (AvgIpc) is 3.08. The molecule has 0 aromatic heterocycles. The van der Waals surface area contributed by atoms with Crippen molar-refractivity contribution in [3.63, 3.8) is 0 Å². The third-order valence-electron chi connectivity index (χ3n) is 4.29. The van der Waals surface area contributed by atoms with E-state index < -0.39 is 29.4 Å². The van der Waals surface area contributed by atoms with Gasteiger partial charge in [0, 0.05) is 12.1 Å². The van der Waals surface area contributed by atoms with Gasteiger partial charge in [-0.15, -0.1) is 0 Å². The lowest BCUT2D eigenvalue weighted by Crippen LogP contribution is -2.43. The van der Waals surface area contributed by atoms with E-state index in [1.165, 1.54) is 29.2 Å². The van der Waals surface area contributed by atoms with E-state index in [0.29, 0.717) is 30.5 Å². The Morgan fingerprint density at radius 2 is 1.60 bits per heavy atom. The maximum absolute atomic E-state index is 13.3. The summed E-state index contributed by atoms with van der Waals surface area (Å²) in [5.74, 6) is -4.96. The van der Waals surface area contributed by atoms with Gasteiger partial charge >= 0.3 is 0 Å². The smallest absolute Gasteiger partial charge is 0.254 e. The standard InChI is InChI=1S/C18H15F3N2O2/c19-13-8-12(9-14(20)16(13)21)10-3-5-11(6-4-10)18(25)23-7-1-2-15(23)17(22)24/h3-6,8-9,15H,1-2,7H2,(H2,22,24)/t15-/m1/s1. The number of carbonyl (C=O) groups excluding carboxylic acids is 2. The zero-order valence-corrected chi connectivity index (χ0v) is 13.1. The van der Waals surface area contributed by atoms with Crippen LogP contribution in [0.25, 0.3) is 11.1 Å². The Kier molecular flexibility index (Phi) is 4.48. The molecule has 0 spiro atoms. The number of primary amides is 1. The summed E-state index contributed by atoms with van der Waals surface area (Å²) in [6.07, 6.45) is 1.23. The number of halogens is 3. The highest BCUT2D eigenvalue weighted by Gasteiger charge is 2.33. The van der Waals surface area contributed by atoms with Crippen LogP contribution in [0.15, 0.2) is 36.4 Å². The maximum atomic E-state index is 13.3. The van der Waals surface area contributed by atoms with Crippen LogP contribution in [-0.4, -0.2) is 29.3 Å². The predicted molar refractivity (Wildman–Crippen MR) is 85.0 cm³/mol. The highest BCUT2D eigenvalue weighted by molar-refractivity contribution is 5.98. The molecule has 0 bridgehead atoms. The Morgan fingerprint density at radius 3 is 2.16 bits per heavy atom. The Hall–Kier alpha value is -2.83. The number of nitrogens with zero attached hydrogens (tertiary/aromatic N) is 1. The highest BCUT2D eigenvalue weighted by atomic mass is 19.2. The van der Waals surface area contributed by atoms with Crippen LogP contribution in [0.1, 0.15) is 23.2 Å². The van der Waals surface area contributed by atoms with E-state index >= 15 is 0 Å². The van der Waals surface area contributed by atoms with Gasteiger partial charge in [-0.3, -0.25) is 9.59 Å². The fourth-order valence-corrected chi connectivity index (χ4v) is 3.00. The van der Waals surface area contributed by atoms with Gasteiger partial charge in [0.2, 0.25) is 5.91 Å². The molecule has 7 heteroatoms. The van der Waals surface area contributed by atoms with E-state index in [0.717, 1.165) is 12.1 Å². The van der Waals surface area contributed by atoms with Crippen molar-refractivity contribution >= 4 is 11.8 Å². The van der Waals surface area contributed by atoms with Crippen LogP contribution in [0.2, 0.25) is 0 Å². The number of hydrogen-bond donors (Lipinski definition) is 1. The molecule has 0 aliphatic carbocycles. The van der Waals surface area contributed by atoms with E-state index in [1.54, 1.807) is 0 Å². The molecule has 1 fully saturated rings. The molecule has 0 radical (unpaired) electrons. The lowest BCUT2D eigenvalue weighted by atomic mass is 10.0. The topological polar surface area (TPSA) is 63.4 Å². The Morgan fingerprint density at radius 1 is 1.00 bits per heavy atom. The Labute approximate surface area is 142 Å². The van der Waals surface area contributed by atoms with E-state index in [2.05, 4.69) is 0 Å². The maximum Gasteiger partial charge on any atom is 0.254 e. The van der Waals surface area contributed by atoms with Gasteiger partial charge in [0.25, 0.3) is 5.91 Å². The van der Waals surface area contributed by atoms with Gasteiger partial charge in [0.15, 0.2) is 17.5 Å². The van der Waals surface area contributed by atoms with E-state index in [9.17, 15) is 22.8 Å². The van der Waals surface area contributed by atoms with E-state index in [-0.39, 0.29) is 11.5 Å². The highest BCUT2D eigenvalue weighted by Crippen LogP contribution is 2.25. The molecular weight excluding hydrogens is 333 g/mol. The SMILES string of the molecule is NC(=O)[C@H]1CCCN1C(=O)c1ccc(-c2cc(F)c(F)c(F)c2)cc1. The summed E-state index contributed by atoms with van der Waals surface area (Å²) in [6, 6.07) is 7.16. The minimum absolute atomic E-state index is 0.159. The molecule has 0 unspecified atom stereocenters. The summed E-state index contributed by atoms with van der Waals surface area (Å²) in [4.78, 5) is 25.3. The Balaban J connectivity index is 1.85. The molecular formula is C18H15F3N2O2. The van der Waals surface area contributed by atoms with E-state index in [4.69, 9.17) is 5.73 Å². The second kappa shape index (κ2) is 6.58. The molecule has 2 N–H and O–H groups in total. The monoisotopic (exact) mass is 348 g/mol. The predicted octanol–water partition coefficient (Wildman–Crippen LogP) is 2.86. The Bertz CT molecular complexity index is 814. The lowest BCUT2D eigenvalue weighted by Gasteiger charge is -2.22. The second-order valence-corrected chi connectivity index (χ2v) is 5.89. The fraction of sp³-hybridized carbons (Fsp3) is 0.222. The molecule has 1 saturated heterocycles. The van der Waals surface area contributed by atoms with Gasteiger partial charge in [0.1, 0.15) is 6.04 Å². The third-order valence-corrected chi connectivity index (χ3v) is 4.29. The first-order chi connectivity index (χ1) is 11.9. The van der Waals surface area contributed by atoms with Crippen LogP contribution in [0, 0.1) is 17.5 Å². The molecule has 1 aliphatic rings. The molecule has 2 aromatic carbocycles. The summed E-state index contributed by atoms with van der Waals surface area (Å²) in [7, 11) is 0. The van der Waals surface area contributed by atoms with Gasteiger partial charge < -0.3 is 10.6 Å². The van der Waals surface area contributed by atoms with Crippen molar-refractivity contribution in [3.05, 3.63) is 59.4 Å². The van der Waals surface area contributed by atoms with Crippen LogP contribution < -0.4 is 5.73 Å².